The standard InChI is InChI=1S/C8H6F4N2O2/c9-5-2-1-4(3-6(5)14(15)16)7(13)8(10,11)12/h1-3,7H,13H2/t7-/m1/s1. The number of nitrogens with zero attached hydrogens (tertiary/aromatic N) is 1. The fourth-order valence-corrected chi connectivity index (χ4v) is 1.05. The number of nitrogens with two attached hydrogens (primary N) is 1. The Bertz CT molecular complexity index is 419. The molecule has 0 bridgehead atoms. The van der Waals surface area contributed by atoms with Crippen molar-refractivity contribution in [3.63, 3.8) is 0 Å². The molecule has 4 nitrogen and oxygen atoms in total. The van der Waals surface area contributed by atoms with Gasteiger partial charge in [0.15, 0.2) is 0 Å². The van der Waals surface area contributed by atoms with Crippen molar-refractivity contribution in [3.8, 4) is 0 Å². The second-order valence-electron chi connectivity index (χ2n) is 2.99. The molecule has 88 valence electrons. The van der Waals surface area contributed by atoms with Crippen LogP contribution in [0.2, 0.25) is 0 Å². The molecule has 0 unspecified atom stereocenters. The van der Waals surface area contributed by atoms with E-state index in [0.29, 0.717) is 12.1 Å². The van der Waals surface area contributed by atoms with Crippen molar-refractivity contribution in [2.24, 2.45) is 5.73 Å². The van der Waals surface area contributed by atoms with E-state index in [1.54, 1.807) is 0 Å². The van der Waals surface area contributed by atoms with Gasteiger partial charge in [-0.3, -0.25) is 10.1 Å². The predicted molar refractivity (Wildman–Crippen MR) is 46.0 cm³/mol. The summed E-state index contributed by atoms with van der Waals surface area (Å²) >= 11 is 0. The van der Waals surface area contributed by atoms with Crippen LogP contribution in [0.3, 0.4) is 0 Å². The fraction of sp³-hybridized carbons (Fsp3) is 0.250. The van der Waals surface area contributed by atoms with E-state index in [1.165, 1.54) is 0 Å². The molecule has 0 aliphatic carbocycles. The van der Waals surface area contributed by atoms with Crippen LogP contribution in [-0.4, -0.2) is 11.1 Å². The van der Waals surface area contributed by atoms with Crippen LogP contribution in [0.1, 0.15) is 11.6 Å². The van der Waals surface area contributed by atoms with Gasteiger partial charge in [-0.15, -0.1) is 0 Å². The first kappa shape index (κ1) is 12.4. The Hall–Kier alpha value is -1.70. The molecule has 1 atom stereocenters. The second kappa shape index (κ2) is 4.05. The van der Waals surface area contributed by atoms with Crippen LogP contribution in [0.15, 0.2) is 18.2 Å². The Morgan fingerprint density at radius 1 is 1.38 bits per heavy atom. The summed E-state index contributed by atoms with van der Waals surface area (Å²) in [5.41, 5.74) is 3.24. The molecule has 0 aliphatic rings. The molecule has 1 aromatic carbocycles. The van der Waals surface area contributed by atoms with E-state index in [2.05, 4.69) is 0 Å². The molecular weight excluding hydrogens is 232 g/mol. The van der Waals surface area contributed by atoms with E-state index in [9.17, 15) is 27.7 Å². The van der Waals surface area contributed by atoms with Gasteiger partial charge in [0.25, 0.3) is 0 Å². The minimum atomic E-state index is -4.73. The predicted octanol–water partition coefficient (Wildman–Crippen LogP) is 2.30. The molecule has 1 rings (SSSR count). The lowest BCUT2D eigenvalue weighted by Gasteiger charge is -2.15. The summed E-state index contributed by atoms with van der Waals surface area (Å²) in [6.07, 6.45) is -4.73. The summed E-state index contributed by atoms with van der Waals surface area (Å²) in [4.78, 5) is 9.18. The van der Waals surface area contributed by atoms with Crippen molar-refractivity contribution in [1.29, 1.82) is 0 Å². The first-order valence-corrected chi connectivity index (χ1v) is 3.99. The van der Waals surface area contributed by atoms with E-state index in [0.717, 1.165) is 6.07 Å². The molecule has 0 heterocycles. The SMILES string of the molecule is N[C@H](c1ccc(F)c([N+](=O)[O-])c1)C(F)(F)F. The molecule has 0 amide bonds. The van der Waals surface area contributed by atoms with Crippen LogP contribution < -0.4 is 5.73 Å². The summed E-state index contributed by atoms with van der Waals surface area (Å²) in [7, 11) is 0. The smallest absolute Gasteiger partial charge is 0.316 e. The maximum Gasteiger partial charge on any atom is 0.407 e. The normalized spacial score (nSPS) is 13.6. The number of hydrogen-bond donors (Lipinski definition) is 1. The van der Waals surface area contributed by atoms with Crippen LogP contribution in [-0.2, 0) is 0 Å². The van der Waals surface area contributed by atoms with Crippen molar-refractivity contribution < 1.29 is 22.5 Å². The van der Waals surface area contributed by atoms with E-state index >= 15 is 0 Å². The summed E-state index contributed by atoms with van der Waals surface area (Å²) in [5, 5.41) is 10.3. The third kappa shape index (κ3) is 2.45. The van der Waals surface area contributed by atoms with Gasteiger partial charge in [-0.25, -0.2) is 0 Å². The first-order valence-electron chi connectivity index (χ1n) is 3.99. The van der Waals surface area contributed by atoms with Crippen LogP contribution in [0.5, 0.6) is 0 Å². The number of benzene rings is 1. The fourth-order valence-electron chi connectivity index (χ4n) is 1.05. The van der Waals surface area contributed by atoms with Gasteiger partial charge in [0.2, 0.25) is 5.82 Å². The third-order valence-corrected chi connectivity index (χ3v) is 1.88. The summed E-state index contributed by atoms with van der Waals surface area (Å²) in [6.45, 7) is 0. The molecule has 0 saturated carbocycles. The molecule has 0 saturated heterocycles. The maximum atomic E-state index is 12.8. The van der Waals surface area contributed by atoms with Gasteiger partial charge in [0.05, 0.1) is 4.92 Å². The number of nitro groups is 1. The molecule has 8 heteroatoms. The summed E-state index contributed by atoms with van der Waals surface area (Å²) < 4.78 is 49.4. The van der Waals surface area contributed by atoms with Crippen molar-refractivity contribution in [1.82, 2.24) is 0 Å². The van der Waals surface area contributed by atoms with Crippen molar-refractivity contribution in [2.45, 2.75) is 12.2 Å². The number of alkyl halides is 3. The Morgan fingerprint density at radius 2 is 1.94 bits per heavy atom. The quantitative estimate of drug-likeness (QED) is 0.488. The van der Waals surface area contributed by atoms with Gasteiger partial charge in [-0.2, -0.15) is 17.6 Å². The zero-order valence-corrected chi connectivity index (χ0v) is 7.66. The van der Waals surface area contributed by atoms with E-state index in [1.807, 2.05) is 0 Å². The average molecular weight is 238 g/mol. The van der Waals surface area contributed by atoms with Crippen LogP contribution in [0.4, 0.5) is 23.2 Å². The van der Waals surface area contributed by atoms with Crippen LogP contribution in [0, 0.1) is 15.9 Å². The van der Waals surface area contributed by atoms with Gasteiger partial charge in [0, 0.05) is 6.07 Å². The van der Waals surface area contributed by atoms with Gasteiger partial charge < -0.3 is 5.73 Å². The number of hydrogen-bond acceptors (Lipinski definition) is 3. The number of rotatable bonds is 2. The third-order valence-electron chi connectivity index (χ3n) is 1.88. The molecule has 0 aliphatic heterocycles. The molecule has 0 spiro atoms. The summed E-state index contributed by atoms with van der Waals surface area (Å²) in [6, 6.07) is -0.542. The van der Waals surface area contributed by atoms with Crippen molar-refractivity contribution >= 4 is 5.69 Å². The second-order valence-corrected chi connectivity index (χ2v) is 2.99. The molecule has 0 aromatic heterocycles. The zero-order chi connectivity index (χ0) is 12.5. The topological polar surface area (TPSA) is 69.2 Å². The highest BCUT2D eigenvalue weighted by Gasteiger charge is 2.38. The molecule has 0 radical (unpaired) electrons. The monoisotopic (exact) mass is 238 g/mol. The number of halogens is 4. The minimum absolute atomic E-state index is 0.480. The Labute approximate surface area is 86.8 Å². The Balaban J connectivity index is 3.18. The summed E-state index contributed by atoms with van der Waals surface area (Å²) in [5.74, 6) is -1.21. The van der Waals surface area contributed by atoms with Gasteiger partial charge in [-0.05, 0) is 11.6 Å². The average Bonchev–Trinajstić information content (AvgIpc) is 2.15. The van der Waals surface area contributed by atoms with Gasteiger partial charge >= 0.3 is 11.9 Å². The van der Waals surface area contributed by atoms with E-state index in [-0.39, 0.29) is 0 Å². The van der Waals surface area contributed by atoms with E-state index in [4.69, 9.17) is 5.73 Å². The first-order chi connectivity index (χ1) is 7.23. The maximum absolute atomic E-state index is 12.8. The highest BCUT2D eigenvalue weighted by Crippen LogP contribution is 2.32. The van der Waals surface area contributed by atoms with Crippen molar-refractivity contribution in [2.75, 3.05) is 0 Å². The molecular formula is C8H6F4N2O2. The number of nitro benzene ring substituents is 1. The van der Waals surface area contributed by atoms with Gasteiger partial charge in [-0.1, -0.05) is 6.07 Å². The largest absolute Gasteiger partial charge is 0.407 e. The lowest BCUT2D eigenvalue weighted by Crippen LogP contribution is -2.28. The van der Waals surface area contributed by atoms with Crippen LogP contribution >= 0.6 is 0 Å². The van der Waals surface area contributed by atoms with Gasteiger partial charge in [0.1, 0.15) is 6.04 Å². The zero-order valence-electron chi connectivity index (χ0n) is 7.66. The molecule has 0 fully saturated rings. The highest BCUT2D eigenvalue weighted by atomic mass is 19.4. The molecule has 2 N–H and O–H groups in total. The Morgan fingerprint density at radius 3 is 2.38 bits per heavy atom. The lowest BCUT2D eigenvalue weighted by atomic mass is 10.1. The minimum Gasteiger partial charge on any atom is -0.316 e. The lowest BCUT2D eigenvalue weighted by molar-refractivity contribution is -0.387. The highest BCUT2D eigenvalue weighted by molar-refractivity contribution is 5.37. The Kier molecular flexibility index (Phi) is 3.13. The molecule has 1 aromatic rings. The molecule has 16 heavy (non-hydrogen) atoms. The van der Waals surface area contributed by atoms with Crippen LogP contribution in [0.25, 0.3) is 0 Å². The van der Waals surface area contributed by atoms with Crippen molar-refractivity contribution in [3.05, 3.63) is 39.7 Å². The van der Waals surface area contributed by atoms with E-state index < -0.39 is 34.2 Å².